The highest BCUT2D eigenvalue weighted by atomic mass is 35.5. The third-order valence-corrected chi connectivity index (χ3v) is 7.50. The fourth-order valence-corrected chi connectivity index (χ4v) is 4.98. The molecule has 10 nitrogen and oxygen atoms in total. The van der Waals surface area contributed by atoms with E-state index in [9.17, 15) is 22.8 Å². The molecule has 0 radical (unpaired) electrons. The number of carbonyl (C=O) groups is 3. The highest BCUT2D eigenvalue weighted by molar-refractivity contribution is 7.92. The monoisotopic (exact) mass is 565 g/mol. The zero-order valence-corrected chi connectivity index (χ0v) is 21.6. The zero-order valence-electron chi connectivity index (χ0n) is 19.2. The second kappa shape index (κ2) is 11.2. The van der Waals surface area contributed by atoms with Gasteiger partial charge in [-0.1, -0.05) is 23.2 Å². The van der Waals surface area contributed by atoms with Crippen LogP contribution in [0.4, 0.5) is 5.69 Å². The van der Waals surface area contributed by atoms with Crippen molar-refractivity contribution in [3.8, 4) is 0 Å². The lowest BCUT2D eigenvalue weighted by Gasteiger charge is -2.34. The molecule has 1 N–H and O–H groups in total. The van der Waals surface area contributed by atoms with Crippen LogP contribution in [0.15, 0.2) is 70.2 Å². The summed E-state index contributed by atoms with van der Waals surface area (Å²) in [7, 11) is -4.05. The van der Waals surface area contributed by atoms with Crippen molar-refractivity contribution >= 4 is 56.7 Å². The van der Waals surface area contributed by atoms with Crippen LogP contribution in [-0.4, -0.2) is 68.8 Å². The van der Waals surface area contributed by atoms with Gasteiger partial charge in [0.15, 0.2) is 12.4 Å². The van der Waals surface area contributed by atoms with Gasteiger partial charge in [0.1, 0.15) is 0 Å². The third kappa shape index (κ3) is 6.43. The number of halogens is 2. The van der Waals surface area contributed by atoms with Crippen LogP contribution >= 0.6 is 23.2 Å². The summed E-state index contributed by atoms with van der Waals surface area (Å²) in [5.74, 6) is -1.45. The lowest BCUT2D eigenvalue weighted by Crippen LogP contribution is -2.51. The average molecular weight is 566 g/mol. The van der Waals surface area contributed by atoms with Crippen LogP contribution in [0.1, 0.15) is 20.9 Å². The third-order valence-electron chi connectivity index (χ3n) is 5.54. The average Bonchev–Trinajstić information content (AvgIpc) is 3.43. The van der Waals surface area contributed by atoms with Crippen LogP contribution in [0.25, 0.3) is 0 Å². The predicted molar refractivity (Wildman–Crippen MR) is 135 cm³/mol. The van der Waals surface area contributed by atoms with Crippen LogP contribution in [0, 0.1) is 0 Å². The Morgan fingerprint density at radius 3 is 2.27 bits per heavy atom. The molecule has 1 aliphatic rings. The van der Waals surface area contributed by atoms with Gasteiger partial charge in [0, 0.05) is 36.9 Å². The van der Waals surface area contributed by atoms with E-state index in [1.54, 1.807) is 17.0 Å². The van der Waals surface area contributed by atoms with Gasteiger partial charge in [-0.05, 0) is 54.6 Å². The summed E-state index contributed by atoms with van der Waals surface area (Å²) in [5, 5.41) is 0.409. The molecular weight excluding hydrogens is 545 g/mol. The van der Waals surface area contributed by atoms with Gasteiger partial charge in [-0.25, -0.2) is 13.2 Å². The molecule has 4 rings (SSSR count). The first-order valence-corrected chi connectivity index (χ1v) is 13.2. The van der Waals surface area contributed by atoms with Crippen molar-refractivity contribution in [1.29, 1.82) is 0 Å². The molecule has 1 fully saturated rings. The molecule has 2 amide bonds. The smallest absolute Gasteiger partial charge is 0.340 e. The van der Waals surface area contributed by atoms with E-state index in [-0.39, 0.29) is 45.9 Å². The van der Waals surface area contributed by atoms with E-state index >= 15 is 0 Å². The van der Waals surface area contributed by atoms with Crippen molar-refractivity contribution in [3.63, 3.8) is 0 Å². The maximum atomic E-state index is 12.8. The largest absolute Gasteiger partial charge is 0.459 e. The molecule has 3 aromatic rings. The van der Waals surface area contributed by atoms with Crippen molar-refractivity contribution in [3.05, 3.63) is 82.2 Å². The molecule has 194 valence electrons. The Kier molecular flexibility index (Phi) is 8.06. The molecule has 0 bridgehead atoms. The minimum absolute atomic E-state index is 0.0343. The van der Waals surface area contributed by atoms with Gasteiger partial charge in [0.25, 0.3) is 21.8 Å². The number of hydrogen-bond acceptors (Lipinski definition) is 7. The van der Waals surface area contributed by atoms with Crippen LogP contribution in [-0.2, 0) is 19.6 Å². The van der Waals surface area contributed by atoms with E-state index in [1.165, 1.54) is 47.6 Å². The van der Waals surface area contributed by atoms with Crippen LogP contribution < -0.4 is 4.72 Å². The number of amides is 2. The zero-order chi connectivity index (χ0) is 26.6. The number of carbonyl (C=O) groups excluding carboxylic acids is 3. The van der Waals surface area contributed by atoms with E-state index in [2.05, 4.69) is 4.72 Å². The number of nitrogens with one attached hydrogen (secondary N) is 1. The summed E-state index contributed by atoms with van der Waals surface area (Å²) in [6, 6.07) is 12.8. The summed E-state index contributed by atoms with van der Waals surface area (Å²) in [6.07, 6.45) is 1.41. The number of esters is 1. The number of anilines is 1. The maximum Gasteiger partial charge on any atom is 0.340 e. The van der Waals surface area contributed by atoms with Crippen molar-refractivity contribution in [2.45, 2.75) is 4.90 Å². The number of rotatable bonds is 7. The number of benzene rings is 2. The fourth-order valence-electron chi connectivity index (χ4n) is 3.57. The Labute approximate surface area is 222 Å². The molecule has 1 aromatic heterocycles. The molecule has 0 aliphatic carbocycles. The van der Waals surface area contributed by atoms with Gasteiger partial charge in [0.2, 0.25) is 0 Å². The quantitative estimate of drug-likeness (QED) is 0.434. The van der Waals surface area contributed by atoms with Gasteiger partial charge >= 0.3 is 5.97 Å². The van der Waals surface area contributed by atoms with Crippen molar-refractivity contribution in [2.75, 3.05) is 37.5 Å². The van der Waals surface area contributed by atoms with Gasteiger partial charge in [-0.3, -0.25) is 14.3 Å². The molecule has 2 heterocycles. The Hall–Kier alpha value is -3.54. The number of hydrogen-bond donors (Lipinski definition) is 1. The van der Waals surface area contributed by atoms with Crippen molar-refractivity contribution in [2.24, 2.45) is 0 Å². The molecule has 1 saturated heterocycles. The Balaban J connectivity index is 1.34. The Bertz CT molecular complexity index is 1400. The summed E-state index contributed by atoms with van der Waals surface area (Å²) in [6.45, 7) is 0.541. The topological polar surface area (TPSA) is 126 Å². The van der Waals surface area contributed by atoms with E-state index < -0.39 is 28.5 Å². The number of nitrogens with zero attached hydrogens (tertiary/aromatic N) is 2. The Morgan fingerprint density at radius 2 is 1.62 bits per heavy atom. The summed E-state index contributed by atoms with van der Waals surface area (Å²) in [5.41, 5.74) is 0.0716. The number of piperazine rings is 1. The number of furan rings is 1. The molecule has 13 heteroatoms. The lowest BCUT2D eigenvalue weighted by atomic mass is 10.2. The van der Waals surface area contributed by atoms with Crippen LogP contribution in [0.5, 0.6) is 0 Å². The standard InChI is InChI=1S/C24H21Cl2N3O7S/c25-16-3-5-17(6-4-16)27-37(33,34)18-7-8-20(26)19(14-18)24(32)36-15-22(30)28-9-11-29(12-10-28)23(31)21-2-1-13-35-21/h1-8,13-14,27H,9-12,15H2. The molecule has 0 unspecified atom stereocenters. The highest BCUT2D eigenvalue weighted by Crippen LogP contribution is 2.24. The molecule has 0 atom stereocenters. The SMILES string of the molecule is O=C(OCC(=O)N1CCN(C(=O)c2ccco2)CC1)c1cc(S(=O)(=O)Nc2ccc(Cl)cc2)ccc1Cl. The lowest BCUT2D eigenvalue weighted by molar-refractivity contribution is -0.136. The predicted octanol–water partition coefficient (Wildman–Crippen LogP) is 3.53. The maximum absolute atomic E-state index is 12.8. The molecule has 2 aromatic carbocycles. The summed E-state index contributed by atoms with van der Waals surface area (Å²) >= 11 is 11.9. The van der Waals surface area contributed by atoms with Gasteiger partial charge in [-0.15, -0.1) is 0 Å². The van der Waals surface area contributed by atoms with Gasteiger partial charge < -0.3 is 19.0 Å². The summed E-state index contributed by atoms with van der Waals surface area (Å²) in [4.78, 5) is 40.4. The first-order valence-electron chi connectivity index (χ1n) is 11.0. The van der Waals surface area contributed by atoms with E-state index in [4.69, 9.17) is 32.4 Å². The number of sulfonamides is 1. The van der Waals surface area contributed by atoms with E-state index in [0.29, 0.717) is 18.1 Å². The molecule has 1 aliphatic heterocycles. The number of ether oxygens (including phenoxy) is 1. The minimum Gasteiger partial charge on any atom is -0.459 e. The van der Waals surface area contributed by atoms with E-state index in [0.717, 1.165) is 6.07 Å². The van der Waals surface area contributed by atoms with Crippen LogP contribution in [0.2, 0.25) is 10.0 Å². The van der Waals surface area contributed by atoms with Crippen molar-refractivity contribution < 1.29 is 32.0 Å². The van der Waals surface area contributed by atoms with Gasteiger partial charge in [0.05, 0.1) is 21.7 Å². The first kappa shape index (κ1) is 26.5. The molecule has 0 spiro atoms. The van der Waals surface area contributed by atoms with Crippen LogP contribution in [0.3, 0.4) is 0 Å². The molecule has 0 saturated carbocycles. The molecular formula is C24H21Cl2N3O7S. The summed E-state index contributed by atoms with van der Waals surface area (Å²) < 4.78 is 38.1. The van der Waals surface area contributed by atoms with E-state index in [1.807, 2.05) is 0 Å². The normalized spacial score (nSPS) is 13.8. The second-order valence-electron chi connectivity index (χ2n) is 7.98. The second-order valence-corrected chi connectivity index (χ2v) is 10.5. The van der Waals surface area contributed by atoms with Crippen molar-refractivity contribution in [1.82, 2.24) is 9.80 Å². The molecule has 37 heavy (non-hydrogen) atoms. The fraction of sp³-hybridized carbons (Fsp3) is 0.208. The highest BCUT2D eigenvalue weighted by Gasteiger charge is 2.27. The first-order chi connectivity index (χ1) is 17.6. The van der Waals surface area contributed by atoms with Gasteiger partial charge in [-0.2, -0.15) is 0 Å². The Morgan fingerprint density at radius 1 is 0.946 bits per heavy atom. The minimum atomic E-state index is -4.05.